The van der Waals surface area contributed by atoms with Gasteiger partial charge in [-0.1, -0.05) is 11.6 Å². The minimum atomic E-state index is -0.590. The van der Waals surface area contributed by atoms with Crippen LogP contribution < -0.4 is 0 Å². The largest absolute Gasteiger partial charge is 0.342 e. The summed E-state index contributed by atoms with van der Waals surface area (Å²) in [4.78, 5) is 23.8. The van der Waals surface area contributed by atoms with Crippen molar-refractivity contribution in [1.29, 1.82) is 0 Å². The molecule has 0 fully saturated rings. The van der Waals surface area contributed by atoms with Gasteiger partial charge in [0.1, 0.15) is 5.02 Å². The standard InChI is InChI=1S/C12H15ClN2O3S/c1-14(6-3-7-19-2)12(16)9-4-5-10(13)11(8-9)15(17)18/h4-5,8H,3,6-7H2,1-2H3. The molecule has 1 aromatic carbocycles. The van der Waals surface area contributed by atoms with E-state index >= 15 is 0 Å². The van der Waals surface area contributed by atoms with Gasteiger partial charge in [-0.25, -0.2) is 0 Å². The van der Waals surface area contributed by atoms with Crippen molar-refractivity contribution in [3.8, 4) is 0 Å². The molecular formula is C12H15ClN2O3S. The fourth-order valence-corrected chi connectivity index (χ4v) is 2.16. The molecule has 0 heterocycles. The molecule has 7 heteroatoms. The van der Waals surface area contributed by atoms with E-state index in [4.69, 9.17) is 11.6 Å². The zero-order valence-corrected chi connectivity index (χ0v) is 12.3. The zero-order valence-electron chi connectivity index (χ0n) is 10.8. The second-order valence-electron chi connectivity index (χ2n) is 4.00. The van der Waals surface area contributed by atoms with Gasteiger partial charge in [0.15, 0.2) is 0 Å². The molecule has 0 atom stereocenters. The molecular weight excluding hydrogens is 288 g/mol. The third-order valence-corrected chi connectivity index (χ3v) is 3.60. The van der Waals surface area contributed by atoms with E-state index in [0.29, 0.717) is 6.54 Å². The summed E-state index contributed by atoms with van der Waals surface area (Å²) in [5, 5.41) is 10.8. The molecule has 0 saturated heterocycles. The number of nitrogens with zero attached hydrogens (tertiary/aromatic N) is 2. The minimum Gasteiger partial charge on any atom is -0.342 e. The van der Waals surface area contributed by atoms with Gasteiger partial charge in [0.25, 0.3) is 11.6 Å². The van der Waals surface area contributed by atoms with E-state index in [-0.39, 0.29) is 22.2 Å². The molecule has 19 heavy (non-hydrogen) atoms. The Kier molecular flexibility index (Phi) is 6.11. The highest BCUT2D eigenvalue weighted by molar-refractivity contribution is 7.98. The molecule has 0 aliphatic carbocycles. The maximum absolute atomic E-state index is 12.1. The first kappa shape index (κ1) is 15.8. The summed E-state index contributed by atoms with van der Waals surface area (Å²) in [6.45, 7) is 0.621. The van der Waals surface area contributed by atoms with Crippen molar-refractivity contribution in [2.75, 3.05) is 25.6 Å². The van der Waals surface area contributed by atoms with Gasteiger partial charge in [-0.15, -0.1) is 0 Å². The number of benzene rings is 1. The third kappa shape index (κ3) is 4.40. The molecule has 0 aliphatic rings. The molecule has 0 aliphatic heterocycles. The highest BCUT2D eigenvalue weighted by atomic mass is 35.5. The van der Waals surface area contributed by atoms with Crippen molar-refractivity contribution in [3.05, 3.63) is 38.9 Å². The van der Waals surface area contributed by atoms with Crippen molar-refractivity contribution in [2.45, 2.75) is 6.42 Å². The Balaban J connectivity index is 2.82. The lowest BCUT2D eigenvalue weighted by molar-refractivity contribution is -0.384. The zero-order chi connectivity index (χ0) is 14.4. The first-order valence-electron chi connectivity index (χ1n) is 5.65. The fourth-order valence-electron chi connectivity index (χ4n) is 1.55. The van der Waals surface area contributed by atoms with Crippen LogP contribution in [0.25, 0.3) is 0 Å². The molecule has 5 nitrogen and oxygen atoms in total. The summed E-state index contributed by atoms with van der Waals surface area (Å²) in [5.74, 6) is 0.735. The quantitative estimate of drug-likeness (QED) is 0.460. The Labute approximate surface area is 121 Å². The highest BCUT2D eigenvalue weighted by Gasteiger charge is 2.18. The lowest BCUT2D eigenvalue weighted by Gasteiger charge is -2.16. The van der Waals surface area contributed by atoms with Crippen LogP contribution in [0.1, 0.15) is 16.8 Å². The number of hydrogen-bond acceptors (Lipinski definition) is 4. The van der Waals surface area contributed by atoms with Crippen LogP contribution in [-0.4, -0.2) is 41.3 Å². The van der Waals surface area contributed by atoms with Crippen molar-refractivity contribution in [1.82, 2.24) is 4.90 Å². The van der Waals surface area contributed by atoms with Crippen LogP contribution in [0.5, 0.6) is 0 Å². The Hall–Kier alpha value is -1.27. The van der Waals surface area contributed by atoms with E-state index in [0.717, 1.165) is 12.2 Å². The number of halogens is 1. The van der Waals surface area contributed by atoms with Crippen molar-refractivity contribution >= 4 is 35.0 Å². The molecule has 0 aromatic heterocycles. The van der Waals surface area contributed by atoms with Crippen LogP contribution in [0, 0.1) is 10.1 Å². The molecule has 1 rings (SSSR count). The summed E-state index contributed by atoms with van der Waals surface area (Å²) in [6, 6.07) is 4.10. The van der Waals surface area contributed by atoms with Crippen LogP contribution in [0.2, 0.25) is 5.02 Å². The van der Waals surface area contributed by atoms with Crippen LogP contribution in [0.3, 0.4) is 0 Å². The number of hydrogen-bond donors (Lipinski definition) is 0. The molecule has 0 bridgehead atoms. The van der Waals surface area contributed by atoms with Gasteiger partial charge >= 0.3 is 0 Å². The van der Waals surface area contributed by atoms with Gasteiger partial charge in [-0.05, 0) is 30.6 Å². The number of carbonyl (C=O) groups is 1. The number of nitro benzene ring substituents is 1. The summed E-state index contributed by atoms with van der Waals surface area (Å²) in [7, 11) is 1.68. The van der Waals surface area contributed by atoms with E-state index in [2.05, 4.69) is 0 Å². The minimum absolute atomic E-state index is 0.0339. The molecule has 0 saturated carbocycles. The second kappa shape index (κ2) is 7.35. The number of rotatable bonds is 6. The Morgan fingerprint density at radius 2 is 2.21 bits per heavy atom. The van der Waals surface area contributed by atoms with Crippen LogP contribution >= 0.6 is 23.4 Å². The summed E-state index contributed by atoms with van der Waals surface area (Å²) in [6.07, 6.45) is 2.89. The lowest BCUT2D eigenvalue weighted by Crippen LogP contribution is -2.28. The maximum atomic E-state index is 12.1. The first-order valence-corrected chi connectivity index (χ1v) is 7.43. The molecule has 0 unspecified atom stereocenters. The lowest BCUT2D eigenvalue weighted by atomic mass is 10.1. The highest BCUT2D eigenvalue weighted by Crippen LogP contribution is 2.25. The van der Waals surface area contributed by atoms with E-state index in [1.807, 2.05) is 6.26 Å². The van der Waals surface area contributed by atoms with E-state index in [1.165, 1.54) is 18.2 Å². The summed E-state index contributed by atoms with van der Waals surface area (Å²) < 4.78 is 0. The van der Waals surface area contributed by atoms with Gasteiger partial charge in [0, 0.05) is 25.2 Å². The monoisotopic (exact) mass is 302 g/mol. The summed E-state index contributed by atoms with van der Waals surface area (Å²) in [5.41, 5.74) is 0.0350. The summed E-state index contributed by atoms with van der Waals surface area (Å²) >= 11 is 7.42. The molecule has 104 valence electrons. The topological polar surface area (TPSA) is 63.5 Å². The Morgan fingerprint density at radius 1 is 1.53 bits per heavy atom. The average molecular weight is 303 g/mol. The van der Waals surface area contributed by atoms with Gasteiger partial charge in [0.05, 0.1) is 4.92 Å². The Morgan fingerprint density at radius 3 is 2.79 bits per heavy atom. The molecule has 1 amide bonds. The SMILES string of the molecule is CSCCCN(C)C(=O)c1ccc(Cl)c([N+](=O)[O-])c1. The van der Waals surface area contributed by atoms with Crippen LogP contribution in [0.15, 0.2) is 18.2 Å². The predicted octanol–water partition coefficient (Wildman–Crippen LogP) is 3.07. The third-order valence-electron chi connectivity index (χ3n) is 2.58. The van der Waals surface area contributed by atoms with Gasteiger partial charge in [-0.2, -0.15) is 11.8 Å². The molecule has 0 spiro atoms. The maximum Gasteiger partial charge on any atom is 0.288 e. The van der Waals surface area contributed by atoms with Gasteiger partial charge in [0.2, 0.25) is 0 Å². The second-order valence-corrected chi connectivity index (χ2v) is 5.39. The molecule has 0 N–H and O–H groups in total. The predicted molar refractivity (Wildman–Crippen MR) is 78.1 cm³/mol. The van der Waals surface area contributed by atoms with Gasteiger partial charge in [-0.3, -0.25) is 14.9 Å². The number of nitro groups is 1. The normalized spacial score (nSPS) is 10.3. The van der Waals surface area contributed by atoms with E-state index in [1.54, 1.807) is 23.7 Å². The fraction of sp³-hybridized carbons (Fsp3) is 0.417. The number of amides is 1. The van der Waals surface area contributed by atoms with Crippen LogP contribution in [-0.2, 0) is 0 Å². The number of thioether (sulfide) groups is 1. The van der Waals surface area contributed by atoms with Crippen molar-refractivity contribution < 1.29 is 9.72 Å². The smallest absolute Gasteiger partial charge is 0.288 e. The van der Waals surface area contributed by atoms with Crippen LogP contribution in [0.4, 0.5) is 5.69 Å². The van der Waals surface area contributed by atoms with Gasteiger partial charge < -0.3 is 4.90 Å². The van der Waals surface area contributed by atoms with E-state index in [9.17, 15) is 14.9 Å². The molecule has 0 radical (unpaired) electrons. The molecule has 1 aromatic rings. The average Bonchev–Trinajstić information content (AvgIpc) is 2.38. The first-order chi connectivity index (χ1) is 8.97. The van der Waals surface area contributed by atoms with Crippen molar-refractivity contribution in [3.63, 3.8) is 0 Å². The number of carbonyl (C=O) groups excluding carboxylic acids is 1. The van der Waals surface area contributed by atoms with Crippen molar-refractivity contribution in [2.24, 2.45) is 0 Å². The Bertz CT molecular complexity index is 482. The van der Waals surface area contributed by atoms with E-state index < -0.39 is 4.92 Å².